The largest absolute Gasteiger partial charge is 0.488 e. The number of para-hydroxylation sites is 1. The molecule has 0 heterocycles. The molecule has 2 nitrogen and oxygen atoms in total. The first-order valence-electron chi connectivity index (χ1n) is 6.36. The van der Waals surface area contributed by atoms with Crippen molar-refractivity contribution < 1.29 is 9.84 Å². The monoisotopic (exact) mass is 286 g/mol. The number of hydrogen-bond acceptors (Lipinski definition) is 2. The van der Waals surface area contributed by atoms with Gasteiger partial charge in [-0.1, -0.05) is 53.8 Å². The van der Waals surface area contributed by atoms with E-state index in [-0.39, 0.29) is 6.61 Å². The maximum Gasteiger partial charge on any atom is 0.135 e. The molecule has 2 aromatic rings. The molecule has 0 saturated carbocycles. The van der Waals surface area contributed by atoms with E-state index >= 15 is 0 Å². The van der Waals surface area contributed by atoms with Crippen LogP contribution in [0.3, 0.4) is 0 Å². The maximum absolute atomic E-state index is 8.75. The Kier molecular flexibility index (Phi) is 5.49. The molecule has 2 aromatic carbocycles. The summed E-state index contributed by atoms with van der Waals surface area (Å²) in [7, 11) is 0. The third-order valence-corrected chi connectivity index (χ3v) is 3.06. The van der Waals surface area contributed by atoms with E-state index in [2.05, 4.69) is 11.8 Å². The topological polar surface area (TPSA) is 29.5 Å². The summed E-state index contributed by atoms with van der Waals surface area (Å²) in [5.41, 5.74) is 1.75. The van der Waals surface area contributed by atoms with E-state index in [1.165, 1.54) is 0 Å². The highest BCUT2D eigenvalue weighted by Crippen LogP contribution is 2.21. The number of hydrogen-bond donors (Lipinski definition) is 1. The summed E-state index contributed by atoms with van der Waals surface area (Å²) in [6.45, 7) is 0.466. The molecule has 2 rings (SSSR count). The molecule has 0 aromatic heterocycles. The minimum Gasteiger partial charge on any atom is -0.488 e. The van der Waals surface area contributed by atoms with Gasteiger partial charge in [0, 0.05) is 17.0 Å². The highest BCUT2D eigenvalue weighted by atomic mass is 35.5. The highest BCUT2D eigenvalue weighted by Gasteiger charge is 2.03. The van der Waals surface area contributed by atoms with Gasteiger partial charge in [0.05, 0.1) is 12.2 Å². The van der Waals surface area contributed by atoms with Gasteiger partial charge < -0.3 is 9.84 Å². The first-order valence-corrected chi connectivity index (χ1v) is 6.74. The zero-order chi connectivity index (χ0) is 14.2. The van der Waals surface area contributed by atoms with Gasteiger partial charge >= 0.3 is 0 Å². The molecule has 0 bridgehead atoms. The fourth-order valence-corrected chi connectivity index (χ4v) is 1.87. The lowest BCUT2D eigenvalue weighted by Crippen LogP contribution is -1.97. The zero-order valence-electron chi connectivity index (χ0n) is 11.0. The quantitative estimate of drug-likeness (QED) is 0.869. The molecule has 102 valence electrons. The summed E-state index contributed by atoms with van der Waals surface area (Å²) in [6, 6.07) is 15.2. The number of rotatable bonds is 4. The van der Waals surface area contributed by atoms with Crippen molar-refractivity contribution in [2.75, 3.05) is 6.61 Å². The van der Waals surface area contributed by atoms with E-state index in [1.54, 1.807) is 0 Å². The number of ether oxygens (including phenoxy) is 1. The van der Waals surface area contributed by atoms with E-state index < -0.39 is 0 Å². The van der Waals surface area contributed by atoms with Crippen LogP contribution < -0.4 is 4.74 Å². The van der Waals surface area contributed by atoms with Crippen LogP contribution in [-0.4, -0.2) is 11.7 Å². The summed E-state index contributed by atoms with van der Waals surface area (Å²) in [6.07, 6.45) is 0.457. The maximum atomic E-state index is 8.75. The van der Waals surface area contributed by atoms with Gasteiger partial charge in [0.2, 0.25) is 0 Å². The van der Waals surface area contributed by atoms with Gasteiger partial charge in [-0.15, -0.1) is 0 Å². The Bertz CT molecular complexity index is 626. The van der Waals surface area contributed by atoms with Crippen molar-refractivity contribution in [2.45, 2.75) is 13.0 Å². The van der Waals surface area contributed by atoms with Gasteiger partial charge in [0.15, 0.2) is 0 Å². The van der Waals surface area contributed by atoms with Crippen LogP contribution in [0.5, 0.6) is 5.75 Å². The SMILES string of the molecule is OCCC#Cc1ccccc1OCc1ccccc1Cl. The van der Waals surface area contributed by atoms with Crippen LogP contribution in [0.15, 0.2) is 48.5 Å². The van der Waals surface area contributed by atoms with Gasteiger partial charge in [-0.05, 0) is 18.2 Å². The lowest BCUT2D eigenvalue weighted by Gasteiger charge is -2.09. The van der Waals surface area contributed by atoms with E-state index in [4.69, 9.17) is 21.4 Å². The molecule has 0 amide bonds. The summed E-state index contributed by atoms with van der Waals surface area (Å²) >= 11 is 6.10. The number of aliphatic hydroxyl groups excluding tert-OH is 1. The van der Waals surface area contributed by atoms with Crippen LogP contribution in [0.1, 0.15) is 17.5 Å². The van der Waals surface area contributed by atoms with Crippen molar-refractivity contribution in [3.8, 4) is 17.6 Å². The third-order valence-electron chi connectivity index (χ3n) is 2.69. The number of halogens is 1. The predicted octanol–water partition coefficient (Wildman–Crippen LogP) is 3.65. The van der Waals surface area contributed by atoms with Gasteiger partial charge in [-0.25, -0.2) is 0 Å². The highest BCUT2D eigenvalue weighted by molar-refractivity contribution is 6.31. The second-order valence-electron chi connectivity index (χ2n) is 4.15. The van der Waals surface area contributed by atoms with Crippen LogP contribution in [0.4, 0.5) is 0 Å². The van der Waals surface area contributed by atoms with Crippen LogP contribution >= 0.6 is 11.6 Å². The molecule has 0 radical (unpaired) electrons. The molecule has 0 aliphatic rings. The van der Waals surface area contributed by atoms with Crippen molar-refractivity contribution in [1.29, 1.82) is 0 Å². The average Bonchev–Trinajstić information content (AvgIpc) is 2.48. The molecule has 0 spiro atoms. The molecule has 0 atom stereocenters. The van der Waals surface area contributed by atoms with Crippen molar-refractivity contribution in [3.05, 3.63) is 64.7 Å². The summed E-state index contributed by atoms with van der Waals surface area (Å²) < 4.78 is 5.79. The Morgan fingerprint density at radius 2 is 1.80 bits per heavy atom. The number of benzene rings is 2. The summed E-state index contributed by atoms with van der Waals surface area (Å²) in [5, 5.41) is 9.44. The van der Waals surface area contributed by atoms with Gasteiger partial charge in [-0.3, -0.25) is 0 Å². The Labute approximate surface area is 124 Å². The van der Waals surface area contributed by atoms with Crippen LogP contribution in [0.2, 0.25) is 5.02 Å². The summed E-state index contributed by atoms with van der Waals surface area (Å²) in [5.74, 6) is 6.61. The second kappa shape index (κ2) is 7.59. The molecular weight excluding hydrogens is 272 g/mol. The smallest absolute Gasteiger partial charge is 0.135 e. The molecule has 0 fully saturated rings. The molecular formula is C17H15ClO2. The molecule has 20 heavy (non-hydrogen) atoms. The van der Waals surface area contributed by atoms with E-state index in [0.29, 0.717) is 18.1 Å². The van der Waals surface area contributed by atoms with E-state index in [0.717, 1.165) is 16.9 Å². The van der Waals surface area contributed by atoms with E-state index in [9.17, 15) is 0 Å². The Morgan fingerprint density at radius 1 is 1.05 bits per heavy atom. The number of aliphatic hydroxyl groups is 1. The Hall–Kier alpha value is -1.95. The Morgan fingerprint density at radius 3 is 2.60 bits per heavy atom. The normalized spacial score (nSPS) is 9.70. The lowest BCUT2D eigenvalue weighted by molar-refractivity contribution is 0.304. The molecule has 0 aliphatic carbocycles. The van der Waals surface area contributed by atoms with Crippen molar-refractivity contribution in [3.63, 3.8) is 0 Å². The van der Waals surface area contributed by atoms with Gasteiger partial charge in [0.1, 0.15) is 12.4 Å². The molecule has 0 unspecified atom stereocenters. The molecule has 3 heteroatoms. The summed E-state index contributed by atoms with van der Waals surface area (Å²) in [4.78, 5) is 0. The minimum atomic E-state index is 0.0651. The second-order valence-corrected chi connectivity index (χ2v) is 4.56. The molecule has 0 saturated heterocycles. The minimum absolute atomic E-state index is 0.0651. The molecule has 1 N–H and O–H groups in total. The average molecular weight is 287 g/mol. The first kappa shape index (κ1) is 14.5. The van der Waals surface area contributed by atoms with Crippen molar-refractivity contribution >= 4 is 11.6 Å². The van der Waals surface area contributed by atoms with Crippen molar-refractivity contribution in [1.82, 2.24) is 0 Å². The standard InChI is InChI=1S/C17H15ClO2/c18-16-10-3-1-9-15(16)13-20-17-11-4-2-7-14(17)8-5-6-12-19/h1-4,7,9-11,19H,6,12-13H2. The predicted molar refractivity (Wildman–Crippen MR) is 80.8 cm³/mol. The van der Waals surface area contributed by atoms with Crippen LogP contribution in [0.25, 0.3) is 0 Å². The Balaban J connectivity index is 2.10. The van der Waals surface area contributed by atoms with Crippen LogP contribution in [-0.2, 0) is 6.61 Å². The molecule has 0 aliphatic heterocycles. The van der Waals surface area contributed by atoms with Gasteiger partial charge in [0.25, 0.3) is 0 Å². The van der Waals surface area contributed by atoms with Crippen molar-refractivity contribution in [2.24, 2.45) is 0 Å². The van der Waals surface area contributed by atoms with E-state index in [1.807, 2.05) is 48.5 Å². The third kappa shape index (κ3) is 4.03. The fraction of sp³-hybridized carbons (Fsp3) is 0.176. The first-order chi connectivity index (χ1) is 9.81. The fourth-order valence-electron chi connectivity index (χ4n) is 1.68. The lowest BCUT2D eigenvalue weighted by atomic mass is 10.2. The van der Waals surface area contributed by atoms with Gasteiger partial charge in [-0.2, -0.15) is 0 Å². The van der Waals surface area contributed by atoms with Crippen LogP contribution in [0, 0.1) is 11.8 Å². The zero-order valence-corrected chi connectivity index (χ0v) is 11.7.